The lowest BCUT2D eigenvalue weighted by molar-refractivity contribution is -0.144. The number of amides is 4. The summed E-state index contributed by atoms with van der Waals surface area (Å²) < 4.78 is 16.9. The number of rotatable bonds is 21. The molecule has 3 aromatic rings. The van der Waals surface area contributed by atoms with Crippen LogP contribution in [0.4, 0.5) is 0 Å². The van der Waals surface area contributed by atoms with E-state index in [1.165, 1.54) is 28.0 Å². The van der Waals surface area contributed by atoms with Gasteiger partial charge < -0.3 is 39.8 Å². The number of piperazine rings is 1. The van der Waals surface area contributed by atoms with Gasteiger partial charge in [0.2, 0.25) is 23.6 Å². The lowest BCUT2D eigenvalue weighted by Gasteiger charge is -2.38. The van der Waals surface area contributed by atoms with E-state index < -0.39 is 29.5 Å². The molecule has 0 radical (unpaired) electrons. The highest BCUT2D eigenvalue weighted by atomic mass is 35.5. The van der Waals surface area contributed by atoms with Crippen molar-refractivity contribution in [1.29, 1.82) is 0 Å². The van der Waals surface area contributed by atoms with Crippen molar-refractivity contribution in [1.82, 2.24) is 30.3 Å². The average molecular weight is 964 g/mol. The fourth-order valence-electron chi connectivity index (χ4n) is 8.93. The molecule has 0 bridgehead atoms. The van der Waals surface area contributed by atoms with Crippen LogP contribution in [0.1, 0.15) is 90.0 Å². The van der Waals surface area contributed by atoms with Crippen molar-refractivity contribution in [3.63, 3.8) is 0 Å². The van der Waals surface area contributed by atoms with E-state index >= 15 is 0 Å². The molecule has 2 aromatic carbocycles. The van der Waals surface area contributed by atoms with Crippen LogP contribution in [0.3, 0.4) is 0 Å². The smallest absolute Gasteiger partial charge is 0.246 e. The van der Waals surface area contributed by atoms with E-state index in [9.17, 15) is 24.3 Å². The summed E-state index contributed by atoms with van der Waals surface area (Å²) in [5, 5.41) is 17.1. The molecule has 67 heavy (non-hydrogen) atoms. The number of aromatic nitrogens is 1. The zero-order valence-corrected chi connectivity index (χ0v) is 41.8. The van der Waals surface area contributed by atoms with Gasteiger partial charge >= 0.3 is 0 Å². The molecule has 2 saturated heterocycles. The number of aryl methyl sites for hydroxylation is 1. The minimum absolute atomic E-state index is 0.00142. The molecule has 0 unspecified atom stereocenters. The monoisotopic (exact) mass is 962 g/mol. The van der Waals surface area contributed by atoms with E-state index in [0.29, 0.717) is 45.9 Å². The summed E-state index contributed by atoms with van der Waals surface area (Å²) in [6.45, 7) is 18.3. The lowest BCUT2D eigenvalue weighted by Crippen LogP contribution is -2.57. The van der Waals surface area contributed by atoms with Crippen LogP contribution < -0.4 is 10.6 Å². The maximum absolute atomic E-state index is 14.0. The van der Waals surface area contributed by atoms with Gasteiger partial charge in [0, 0.05) is 63.7 Å². The highest BCUT2D eigenvalue weighted by Crippen LogP contribution is 2.43. The molecule has 0 spiro atoms. The minimum Gasteiger partial charge on any atom is -0.391 e. The molecule has 366 valence electrons. The summed E-state index contributed by atoms with van der Waals surface area (Å²) >= 11 is 7.77. The topological polar surface area (TPSA) is 163 Å². The molecule has 2 aliphatic heterocycles. The number of thiazole rings is 1. The zero-order chi connectivity index (χ0) is 48.1. The second kappa shape index (κ2) is 24.4. The molecule has 3 aliphatic rings. The van der Waals surface area contributed by atoms with Crippen LogP contribution >= 0.6 is 22.9 Å². The summed E-state index contributed by atoms with van der Waals surface area (Å²) in [6.07, 6.45) is 2.93. The Bertz CT molecular complexity index is 2150. The Morgan fingerprint density at radius 3 is 2.15 bits per heavy atom. The number of aliphatic hydroxyl groups excluding tert-OH is 1. The maximum Gasteiger partial charge on any atom is 0.246 e. The Kier molecular flexibility index (Phi) is 19.0. The number of hydrogen-bond acceptors (Lipinski definition) is 11. The summed E-state index contributed by atoms with van der Waals surface area (Å²) in [5.41, 5.74) is 8.54. The van der Waals surface area contributed by atoms with Crippen molar-refractivity contribution < 1.29 is 38.5 Å². The quantitative estimate of drug-likeness (QED) is 0.100. The van der Waals surface area contributed by atoms with E-state index in [1.54, 1.807) is 11.3 Å². The normalized spacial score (nSPS) is 19.4. The first-order valence-electron chi connectivity index (χ1n) is 23.7. The van der Waals surface area contributed by atoms with E-state index in [2.05, 4.69) is 46.5 Å². The molecule has 3 heterocycles. The van der Waals surface area contributed by atoms with Gasteiger partial charge in [-0.25, -0.2) is 4.98 Å². The molecular formula is C51H71ClN6O8S. The number of aliphatic hydroxyl groups is 1. The average Bonchev–Trinajstić information content (AvgIpc) is 3.92. The van der Waals surface area contributed by atoms with Gasteiger partial charge in [0.25, 0.3) is 0 Å². The van der Waals surface area contributed by atoms with Gasteiger partial charge in [-0.2, -0.15) is 0 Å². The van der Waals surface area contributed by atoms with Crippen LogP contribution in [0.5, 0.6) is 0 Å². The molecule has 6 rings (SSSR count). The second-order valence-electron chi connectivity index (χ2n) is 19.9. The van der Waals surface area contributed by atoms with Gasteiger partial charge in [-0.3, -0.25) is 24.1 Å². The first kappa shape index (κ1) is 52.2. The van der Waals surface area contributed by atoms with Gasteiger partial charge in [0.05, 0.1) is 68.2 Å². The van der Waals surface area contributed by atoms with Gasteiger partial charge in [0.1, 0.15) is 12.1 Å². The number of allylic oxidation sites excluding steroid dienone is 1. The molecular weight excluding hydrogens is 892 g/mol. The number of likely N-dealkylation sites (tertiary alicyclic amines) is 1. The predicted octanol–water partition coefficient (Wildman–Crippen LogP) is 6.52. The highest BCUT2D eigenvalue weighted by Gasteiger charge is 2.44. The molecule has 3 N–H and O–H groups in total. The standard InChI is InChI=1S/C51H71ClN6O8S/c1-35-46(67-34-54-35)38-9-7-36(8-10-38)31-53-48(62)43-29-41(59)33-58(43)49(63)47(50(2,3)4)55-44(60)16-23-64-25-27-66-28-26-65-24-17-45(61)57-21-19-56(20-22-57)32-39-15-18-51(5,6)30-42(39)37-11-13-40(52)14-12-37/h7-14,34,41,43,47,59H,15-33H2,1-6H3,(H,53,62)(H,55,60)/t41-,43+,47-/m1/s1. The van der Waals surface area contributed by atoms with Gasteiger partial charge in [-0.05, 0) is 71.4 Å². The van der Waals surface area contributed by atoms with Crippen molar-refractivity contribution in [2.45, 2.75) is 105 Å². The first-order valence-corrected chi connectivity index (χ1v) is 25.0. The molecule has 1 aromatic heterocycles. The number of halogens is 1. The van der Waals surface area contributed by atoms with Crippen molar-refractivity contribution in [2.75, 3.05) is 78.9 Å². The van der Waals surface area contributed by atoms with Crippen LogP contribution in [0.25, 0.3) is 16.0 Å². The van der Waals surface area contributed by atoms with Gasteiger partial charge in [0.15, 0.2) is 0 Å². The van der Waals surface area contributed by atoms with E-state index in [0.717, 1.165) is 59.2 Å². The number of nitrogens with one attached hydrogen (secondary N) is 2. The van der Waals surface area contributed by atoms with Crippen molar-refractivity contribution >= 4 is 52.1 Å². The van der Waals surface area contributed by atoms with Crippen molar-refractivity contribution in [3.05, 3.63) is 81.5 Å². The van der Waals surface area contributed by atoms with E-state index in [-0.39, 0.29) is 62.3 Å². The maximum atomic E-state index is 14.0. The number of nitrogens with zero attached hydrogens (tertiary/aromatic N) is 4. The van der Waals surface area contributed by atoms with E-state index in [4.69, 9.17) is 25.8 Å². The Morgan fingerprint density at radius 2 is 1.52 bits per heavy atom. The lowest BCUT2D eigenvalue weighted by atomic mass is 9.72. The van der Waals surface area contributed by atoms with Crippen LogP contribution in [0.2, 0.25) is 5.02 Å². The summed E-state index contributed by atoms with van der Waals surface area (Å²) in [6, 6.07) is 14.3. The molecule has 14 nitrogen and oxygen atoms in total. The minimum atomic E-state index is -0.926. The number of ether oxygens (including phenoxy) is 3. The number of carbonyl (C=O) groups is 4. The highest BCUT2D eigenvalue weighted by molar-refractivity contribution is 7.13. The molecule has 1 aliphatic carbocycles. The fourth-order valence-corrected chi connectivity index (χ4v) is 9.86. The Balaban J connectivity index is 0.818. The molecule has 16 heteroatoms. The molecule has 3 atom stereocenters. The Labute approximate surface area is 405 Å². The van der Waals surface area contributed by atoms with E-state index in [1.807, 2.05) is 74.5 Å². The zero-order valence-electron chi connectivity index (χ0n) is 40.2. The molecule has 4 amide bonds. The summed E-state index contributed by atoms with van der Waals surface area (Å²) in [5.74, 6) is -1.03. The third-order valence-corrected chi connectivity index (χ3v) is 14.1. The predicted molar refractivity (Wildman–Crippen MR) is 262 cm³/mol. The number of carbonyl (C=O) groups excluding carboxylic acids is 4. The first-order chi connectivity index (χ1) is 32.0. The Hall–Kier alpha value is -4.22. The third-order valence-electron chi connectivity index (χ3n) is 12.9. The van der Waals surface area contributed by atoms with Crippen LogP contribution in [0.15, 0.2) is 59.6 Å². The van der Waals surface area contributed by atoms with Gasteiger partial charge in [-0.15, -0.1) is 11.3 Å². The van der Waals surface area contributed by atoms with Gasteiger partial charge in [-0.1, -0.05) is 88.2 Å². The number of benzene rings is 2. The van der Waals surface area contributed by atoms with Crippen LogP contribution in [-0.4, -0.2) is 146 Å². The Morgan fingerprint density at radius 1 is 0.896 bits per heavy atom. The summed E-state index contributed by atoms with van der Waals surface area (Å²) in [7, 11) is 0. The second-order valence-corrected chi connectivity index (χ2v) is 21.2. The SMILES string of the molecule is Cc1ncsc1-c1ccc(CNC(=O)[C@@H]2C[C@@H](O)CN2C(=O)[C@@H](NC(=O)CCOCCOCCOCCC(=O)N2CCN(CC3=C(c4ccc(Cl)cc4)CC(C)(C)CC3)CC2)C(C)(C)C)cc1. The van der Waals surface area contributed by atoms with Crippen molar-refractivity contribution in [3.8, 4) is 10.4 Å². The van der Waals surface area contributed by atoms with Crippen LogP contribution in [-0.2, 0) is 39.9 Å². The molecule has 0 saturated carbocycles. The number of β-amino-alcohol motifs (C(OH)–C–C–N with tert-alkyl or cyclic N) is 1. The fraction of sp³-hybridized carbons (Fsp3) is 0.588. The number of hydrogen-bond donors (Lipinski definition) is 3. The van der Waals surface area contributed by atoms with Crippen LogP contribution in [0, 0.1) is 17.8 Å². The molecule has 2 fully saturated rings. The third kappa shape index (κ3) is 15.4. The summed E-state index contributed by atoms with van der Waals surface area (Å²) in [4.78, 5) is 64.6. The largest absolute Gasteiger partial charge is 0.391 e. The van der Waals surface area contributed by atoms with Crippen molar-refractivity contribution in [2.24, 2.45) is 10.8 Å².